The minimum Gasteiger partial charge on any atom is -0.349 e. The molecule has 2 aromatic rings. The first-order chi connectivity index (χ1) is 11.6. The van der Waals surface area contributed by atoms with E-state index >= 15 is 0 Å². The molecule has 7 heteroatoms. The van der Waals surface area contributed by atoms with Crippen LogP contribution in [0.3, 0.4) is 0 Å². The number of aromatic nitrogens is 1. The lowest BCUT2D eigenvalue weighted by Gasteiger charge is -2.07. The van der Waals surface area contributed by atoms with Crippen molar-refractivity contribution >= 4 is 17.7 Å². The molecule has 7 nitrogen and oxygen atoms in total. The number of carbonyl (C=O) groups is 1. The van der Waals surface area contributed by atoms with Gasteiger partial charge in [-0.05, 0) is 43.2 Å². The third kappa shape index (κ3) is 3.33. The van der Waals surface area contributed by atoms with Gasteiger partial charge in [0.15, 0.2) is 0 Å². The number of nitrogens with zero attached hydrogens (tertiary/aromatic N) is 3. The minimum absolute atomic E-state index is 0.00419. The summed E-state index contributed by atoms with van der Waals surface area (Å²) in [4.78, 5) is 22.3. The average Bonchev–Trinajstić information content (AvgIpc) is 3.27. The van der Waals surface area contributed by atoms with E-state index < -0.39 is 4.92 Å². The summed E-state index contributed by atoms with van der Waals surface area (Å²) in [5, 5.41) is 22.7. The fourth-order valence-electron chi connectivity index (χ4n) is 2.27. The van der Waals surface area contributed by atoms with E-state index in [2.05, 4.69) is 5.32 Å². The van der Waals surface area contributed by atoms with Gasteiger partial charge >= 0.3 is 0 Å². The molecule has 3 rings (SSSR count). The Balaban J connectivity index is 1.88. The van der Waals surface area contributed by atoms with E-state index in [1.165, 1.54) is 18.2 Å². The summed E-state index contributed by atoms with van der Waals surface area (Å²) < 4.78 is 1.76. The zero-order valence-electron chi connectivity index (χ0n) is 12.7. The van der Waals surface area contributed by atoms with Gasteiger partial charge in [-0.1, -0.05) is 0 Å². The molecule has 1 heterocycles. The molecule has 0 saturated heterocycles. The highest BCUT2D eigenvalue weighted by Gasteiger charge is 2.24. The monoisotopic (exact) mass is 322 g/mol. The number of benzene rings is 1. The van der Waals surface area contributed by atoms with E-state index in [0.29, 0.717) is 11.4 Å². The predicted molar refractivity (Wildman–Crippen MR) is 87.2 cm³/mol. The molecule has 1 aliphatic rings. The SMILES string of the molecule is N#C/C(=C\c1cccn1-c1ccc([N+](=O)[O-])cc1)C(=O)NC1CC1. The first kappa shape index (κ1) is 15.5. The van der Waals surface area contributed by atoms with Gasteiger partial charge in [0.1, 0.15) is 11.6 Å². The third-order valence-electron chi connectivity index (χ3n) is 3.69. The van der Waals surface area contributed by atoms with Crippen molar-refractivity contribution in [1.82, 2.24) is 9.88 Å². The Morgan fingerprint density at radius 2 is 2.04 bits per heavy atom. The normalized spacial score (nSPS) is 14.0. The van der Waals surface area contributed by atoms with Gasteiger partial charge in [0.2, 0.25) is 0 Å². The molecule has 0 bridgehead atoms. The largest absolute Gasteiger partial charge is 0.349 e. The van der Waals surface area contributed by atoms with Crippen LogP contribution in [0.1, 0.15) is 18.5 Å². The van der Waals surface area contributed by atoms with Crippen molar-refractivity contribution in [3.8, 4) is 11.8 Å². The Bertz CT molecular complexity index is 855. The number of carbonyl (C=O) groups excluding carboxylic acids is 1. The standard InChI is InChI=1S/C17H14N4O3/c18-11-12(17(22)19-13-3-4-13)10-16-2-1-9-20(16)14-5-7-15(8-6-14)21(23)24/h1-2,5-10,13H,3-4H2,(H,19,22)/b12-10+. The molecule has 1 amide bonds. The summed E-state index contributed by atoms with van der Waals surface area (Å²) in [6.45, 7) is 0. The van der Waals surface area contributed by atoms with Crippen LogP contribution in [0, 0.1) is 21.4 Å². The van der Waals surface area contributed by atoms with Crippen LogP contribution in [0.4, 0.5) is 5.69 Å². The molecular formula is C17H14N4O3. The van der Waals surface area contributed by atoms with Gasteiger partial charge in [0.25, 0.3) is 11.6 Å². The van der Waals surface area contributed by atoms with Crippen molar-refractivity contribution in [1.29, 1.82) is 5.26 Å². The summed E-state index contributed by atoms with van der Waals surface area (Å²) in [6, 6.07) is 11.7. The number of nitriles is 1. The number of amides is 1. The topological polar surface area (TPSA) is 101 Å². The minimum atomic E-state index is -0.462. The molecule has 24 heavy (non-hydrogen) atoms. The Kier molecular flexibility index (Phi) is 4.12. The fourth-order valence-corrected chi connectivity index (χ4v) is 2.27. The summed E-state index contributed by atoms with van der Waals surface area (Å²) in [6.07, 6.45) is 5.17. The van der Waals surface area contributed by atoms with Gasteiger partial charge in [-0.15, -0.1) is 0 Å². The Morgan fingerprint density at radius 3 is 2.62 bits per heavy atom. The first-order valence-electron chi connectivity index (χ1n) is 7.43. The van der Waals surface area contributed by atoms with Crippen LogP contribution in [0.5, 0.6) is 0 Å². The van der Waals surface area contributed by atoms with Crippen LogP contribution < -0.4 is 5.32 Å². The van der Waals surface area contributed by atoms with E-state index in [1.807, 2.05) is 6.07 Å². The van der Waals surface area contributed by atoms with E-state index in [1.54, 1.807) is 35.0 Å². The maximum atomic E-state index is 12.0. The van der Waals surface area contributed by atoms with E-state index in [-0.39, 0.29) is 23.2 Å². The molecule has 0 aliphatic heterocycles. The second-order valence-electron chi connectivity index (χ2n) is 5.49. The Hall–Kier alpha value is -3.40. The molecule has 1 aromatic carbocycles. The van der Waals surface area contributed by atoms with Crippen LogP contribution in [0.15, 0.2) is 48.2 Å². The van der Waals surface area contributed by atoms with Crippen LogP contribution in [0.2, 0.25) is 0 Å². The van der Waals surface area contributed by atoms with E-state index in [9.17, 15) is 20.2 Å². The van der Waals surface area contributed by atoms with Crippen molar-refractivity contribution in [3.63, 3.8) is 0 Å². The lowest BCUT2D eigenvalue weighted by atomic mass is 10.2. The molecule has 120 valence electrons. The molecular weight excluding hydrogens is 308 g/mol. The van der Waals surface area contributed by atoms with Crippen molar-refractivity contribution in [2.75, 3.05) is 0 Å². The van der Waals surface area contributed by atoms with E-state index in [0.717, 1.165) is 12.8 Å². The summed E-state index contributed by atoms with van der Waals surface area (Å²) >= 11 is 0. The van der Waals surface area contributed by atoms with Crippen LogP contribution >= 0.6 is 0 Å². The average molecular weight is 322 g/mol. The second kappa shape index (κ2) is 6.38. The predicted octanol–water partition coefficient (Wildman–Crippen LogP) is 2.57. The number of nitrogens with one attached hydrogen (secondary N) is 1. The van der Waals surface area contributed by atoms with Crippen LogP contribution in [-0.2, 0) is 4.79 Å². The van der Waals surface area contributed by atoms with Crippen molar-refractivity contribution in [3.05, 3.63) is 64.0 Å². The lowest BCUT2D eigenvalue weighted by Crippen LogP contribution is -2.26. The van der Waals surface area contributed by atoms with Crippen molar-refractivity contribution in [2.24, 2.45) is 0 Å². The lowest BCUT2D eigenvalue weighted by molar-refractivity contribution is -0.384. The van der Waals surface area contributed by atoms with Gasteiger partial charge < -0.3 is 9.88 Å². The van der Waals surface area contributed by atoms with Crippen LogP contribution in [0.25, 0.3) is 11.8 Å². The van der Waals surface area contributed by atoms with E-state index in [4.69, 9.17) is 0 Å². The van der Waals surface area contributed by atoms with Gasteiger partial charge in [-0.25, -0.2) is 0 Å². The Morgan fingerprint density at radius 1 is 1.33 bits per heavy atom. The molecule has 1 aromatic heterocycles. The highest BCUT2D eigenvalue weighted by Crippen LogP contribution is 2.21. The third-order valence-corrected chi connectivity index (χ3v) is 3.69. The maximum Gasteiger partial charge on any atom is 0.269 e. The number of hydrogen-bond acceptors (Lipinski definition) is 4. The molecule has 1 fully saturated rings. The zero-order chi connectivity index (χ0) is 17.1. The zero-order valence-corrected chi connectivity index (χ0v) is 12.7. The molecule has 0 unspecified atom stereocenters. The smallest absolute Gasteiger partial charge is 0.269 e. The van der Waals surface area contributed by atoms with Gasteiger partial charge in [-0.2, -0.15) is 5.26 Å². The molecule has 1 N–H and O–H groups in total. The summed E-state index contributed by atoms with van der Waals surface area (Å²) in [5.74, 6) is -0.378. The Labute approximate surface area is 138 Å². The number of hydrogen-bond donors (Lipinski definition) is 1. The number of nitro groups is 1. The van der Waals surface area contributed by atoms with Gasteiger partial charge in [0.05, 0.1) is 4.92 Å². The molecule has 1 aliphatic carbocycles. The summed E-state index contributed by atoms with van der Waals surface area (Å²) in [7, 11) is 0. The number of non-ortho nitro benzene ring substituents is 1. The molecule has 0 atom stereocenters. The molecule has 1 saturated carbocycles. The van der Waals surface area contributed by atoms with Crippen molar-refractivity contribution < 1.29 is 9.72 Å². The molecule has 0 radical (unpaired) electrons. The van der Waals surface area contributed by atoms with Crippen LogP contribution in [-0.4, -0.2) is 21.4 Å². The fraction of sp³-hybridized carbons (Fsp3) is 0.176. The van der Waals surface area contributed by atoms with Crippen molar-refractivity contribution in [2.45, 2.75) is 18.9 Å². The van der Waals surface area contributed by atoms with Gasteiger partial charge in [-0.3, -0.25) is 14.9 Å². The second-order valence-corrected chi connectivity index (χ2v) is 5.49. The van der Waals surface area contributed by atoms with Gasteiger partial charge in [0, 0.05) is 35.8 Å². The summed E-state index contributed by atoms with van der Waals surface area (Å²) in [5.41, 5.74) is 1.39. The quantitative estimate of drug-likeness (QED) is 0.395. The highest BCUT2D eigenvalue weighted by molar-refractivity contribution is 6.01. The maximum absolute atomic E-state index is 12.0. The number of nitro benzene ring substituents is 1. The number of rotatable bonds is 5. The highest BCUT2D eigenvalue weighted by atomic mass is 16.6. The molecule has 0 spiro atoms. The first-order valence-corrected chi connectivity index (χ1v) is 7.43.